The zero-order valence-electron chi connectivity index (χ0n) is 12.7. The molecule has 0 unspecified atom stereocenters. The van der Waals surface area contributed by atoms with Gasteiger partial charge in [0.05, 0.1) is 11.9 Å². The molecule has 0 aliphatic carbocycles. The van der Waals surface area contributed by atoms with E-state index in [1.807, 2.05) is 32.9 Å². The first-order chi connectivity index (χ1) is 9.81. The molecule has 2 rings (SSSR count). The van der Waals surface area contributed by atoms with Crippen molar-refractivity contribution in [1.82, 2.24) is 9.55 Å². The first kappa shape index (κ1) is 14.9. The third-order valence-corrected chi connectivity index (χ3v) is 2.74. The molecule has 112 valence electrons. The van der Waals surface area contributed by atoms with Crippen LogP contribution < -0.4 is 11.1 Å². The van der Waals surface area contributed by atoms with Gasteiger partial charge in [0, 0.05) is 18.3 Å². The fourth-order valence-corrected chi connectivity index (χ4v) is 1.92. The van der Waals surface area contributed by atoms with Gasteiger partial charge in [0.25, 0.3) is 0 Å². The number of benzene rings is 1. The van der Waals surface area contributed by atoms with Crippen LogP contribution in [0.5, 0.6) is 0 Å². The zero-order chi connectivity index (χ0) is 15.6. The second-order valence-corrected chi connectivity index (χ2v) is 5.66. The van der Waals surface area contributed by atoms with Gasteiger partial charge in [0.1, 0.15) is 5.60 Å². The smallest absolute Gasteiger partial charge is 0.421 e. The highest BCUT2D eigenvalue weighted by atomic mass is 16.6. The van der Waals surface area contributed by atoms with Crippen molar-refractivity contribution < 1.29 is 9.53 Å². The van der Waals surface area contributed by atoms with E-state index in [0.717, 1.165) is 5.56 Å². The summed E-state index contributed by atoms with van der Waals surface area (Å²) in [5, 5.41) is 2.89. The summed E-state index contributed by atoms with van der Waals surface area (Å²) in [7, 11) is 1.70. The number of carbonyl (C=O) groups is 1. The van der Waals surface area contributed by atoms with E-state index in [4.69, 9.17) is 10.5 Å². The monoisotopic (exact) mass is 288 g/mol. The molecule has 0 aliphatic rings. The van der Waals surface area contributed by atoms with Gasteiger partial charge in [-0.1, -0.05) is 12.1 Å². The predicted octanol–water partition coefficient (Wildman–Crippen LogP) is 2.96. The van der Waals surface area contributed by atoms with Gasteiger partial charge in [-0.2, -0.15) is 0 Å². The lowest BCUT2D eigenvalue weighted by atomic mass is 10.1. The van der Waals surface area contributed by atoms with E-state index in [1.165, 1.54) is 4.57 Å². The molecule has 0 bridgehead atoms. The lowest BCUT2D eigenvalue weighted by Crippen LogP contribution is -2.28. The van der Waals surface area contributed by atoms with Crippen LogP contribution in [0.25, 0.3) is 11.3 Å². The van der Waals surface area contributed by atoms with E-state index in [1.54, 1.807) is 25.4 Å². The van der Waals surface area contributed by atoms with Crippen molar-refractivity contribution in [2.75, 3.05) is 18.1 Å². The van der Waals surface area contributed by atoms with Crippen LogP contribution in [0.3, 0.4) is 0 Å². The maximum Gasteiger partial charge on any atom is 0.421 e. The van der Waals surface area contributed by atoms with Crippen LogP contribution in [0, 0.1) is 0 Å². The summed E-state index contributed by atoms with van der Waals surface area (Å²) in [5.74, 6) is 0.418. The van der Waals surface area contributed by atoms with E-state index in [-0.39, 0.29) is 0 Å². The Morgan fingerprint density at radius 2 is 2.10 bits per heavy atom. The molecular formula is C15H20N4O2. The topological polar surface area (TPSA) is 82.2 Å². The second kappa shape index (κ2) is 5.47. The SMILES string of the molecule is CNc1ncc(-c2cccc(N)c2)n1C(=O)OC(C)(C)C. The third-order valence-electron chi connectivity index (χ3n) is 2.74. The number of nitrogens with zero attached hydrogens (tertiary/aromatic N) is 2. The summed E-state index contributed by atoms with van der Waals surface area (Å²) in [6.07, 6.45) is 1.13. The Labute approximate surface area is 123 Å². The standard InChI is InChI=1S/C15H20N4O2/c1-15(2,3)21-14(20)19-12(9-18-13(19)17-4)10-6-5-7-11(16)8-10/h5-9H,16H2,1-4H3,(H,17,18). The number of carbonyl (C=O) groups excluding carboxylic acids is 1. The molecule has 0 saturated carbocycles. The highest BCUT2D eigenvalue weighted by Gasteiger charge is 2.23. The molecule has 6 heteroatoms. The number of rotatable bonds is 2. The molecule has 0 amide bonds. The molecule has 0 radical (unpaired) electrons. The normalized spacial score (nSPS) is 11.2. The van der Waals surface area contributed by atoms with Crippen molar-refractivity contribution in [3.05, 3.63) is 30.5 Å². The van der Waals surface area contributed by atoms with Crippen molar-refractivity contribution in [2.45, 2.75) is 26.4 Å². The maximum atomic E-state index is 12.4. The minimum atomic E-state index is -0.584. The molecule has 3 N–H and O–H groups in total. The van der Waals surface area contributed by atoms with E-state index >= 15 is 0 Å². The Morgan fingerprint density at radius 3 is 2.67 bits per heavy atom. The van der Waals surface area contributed by atoms with Crippen LogP contribution >= 0.6 is 0 Å². The van der Waals surface area contributed by atoms with Gasteiger partial charge >= 0.3 is 6.09 Å². The number of hydrogen-bond acceptors (Lipinski definition) is 5. The van der Waals surface area contributed by atoms with Crippen LogP contribution in [0.1, 0.15) is 20.8 Å². The molecule has 0 saturated heterocycles. The molecule has 1 aromatic carbocycles. The van der Waals surface area contributed by atoms with Gasteiger partial charge < -0.3 is 15.8 Å². The van der Waals surface area contributed by atoms with Crippen molar-refractivity contribution in [2.24, 2.45) is 0 Å². The minimum absolute atomic E-state index is 0.418. The summed E-state index contributed by atoms with van der Waals surface area (Å²) in [4.78, 5) is 16.6. The Bertz CT molecular complexity index is 656. The summed E-state index contributed by atoms with van der Waals surface area (Å²) in [6, 6.07) is 7.28. The number of ether oxygens (including phenoxy) is 1. The van der Waals surface area contributed by atoms with Gasteiger partial charge in [-0.05, 0) is 32.9 Å². The third kappa shape index (κ3) is 3.34. The summed E-state index contributed by atoms with van der Waals surface area (Å²) in [6.45, 7) is 5.46. The number of nitrogens with two attached hydrogens (primary N) is 1. The van der Waals surface area contributed by atoms with Crippen LogP contribution in [0.2, 0.25) is 0 Å². The van der Waals surface area contributed by atoms with Gasteiger partial charge in [-0.15, -0.1) is 0 Å². The molecule has 21 heavy (non-hydrogen) atoms. The average Bonchev–Trinajstić information content (AvgIpc) is 2.80. The largest absolute Gasteiger partial charge is 0.443 e. The maximum absolute atomic E-state index is 12.4. The average molecular weight is 288 g/mol. The van der Waals surface area contributed by atoms with Gasteiger partial charge in [-0.25, -0.2) is 14.3 Å². The highest BCUT2D eigenvalue weighted by molar-refractivity contribution is 5.82. The number of hydrogen-bond donors (Lipinski definition) is 2. The van der Waals surface area contributed by atoms with Crippen LogP contribution in [0.15, 0.2) is 30.5 Å². The quantitative estimate of drug-likeness (QED) is 0.830. The fourth-order valence-electron chi connectivity index (χ4n) is 1.92. The number of imidazole rings is 1. The van der Waals surface area contributed by atoms with Crippen molar-refractivity contribution in [3.63, 3.8) is 0 Å². The van der Waals surface area contributed by atoms with Crippen molar-refractivity contribution in [1.29, 1.82) is 0 Å². The van der Waals surface area contributed by atoms with Gasteiger partial charge in [0.2, 0.25) is 5.95 Å². The highest BCUT2D eigenvalue weighted by Crippen LogP contribution is 2.25. The van der Waals surface area contributed by atoms with E-state index in [2.05, 4.69) is 10.3 Å². The predicted molar refractivity (Wildman–Crippen MR) is 83.3 cm³/mol. The van der Waals surface area contributed by atoms with Crippen LogP contribution in [0.4, 0.5) is 16.4 Å². The lowest BCUT2D eigenvalue weighted by molar-refractivity contribution is 0.0543. The molecule has 0 aliphatic heterocycles. The molecule has 2 aromatic rings. The molecule has 0 spiro atoms. The lowest BCUT2D eigenvalue weighted by Gasteiger charge is -2.21. The first-order valence-corrected chi connectivity index (χ1v) is 6.66. The van der Waals surface area contributed by atoms with E-state index in [9.17, 15) is 4.79 Å². The molecule has 0 atom stereocenters. The van der Waals surface area contributed by atoms with Gasteiger partial charge in [-0.3, -0.25) is 0 Å². The summed E-state index contributed by atoms with van der Waals surface area (Å²) >= 11 is 0. The zero-order valence-corrected chi connectivity index (χ0v) is 12.7. The Kier molecular flexibility index (Phi) is 3.88. The van der Waals surface area contributed by atoms with E-state index in [0.29, 0.717) is 17.3 Å². The molecule has 6 nitrogen and oxygen atoms in total. The fraction of sp³-hybridized carbons (Fsp3) is 0.333. The molecular weight excluding hydrogens is 268 g/mol. The number of nitrogen functional groups attached to an aromatic ring is 1. The molecule has 0 fully saturated rings. The molecule has 1 heterocycles. The molecule has 1 aromatic heterocycles. The van der Waals surface area contributed by atoms with Crippen molar-refractivity contribution in [3.8, 4) is 11.3 Å². The van der Waals surface area contributed by atoms with Crippen LogP contribution in [-0.4, -0.2) is 28.3 Å². The van der Waals surface area contributed by atoms with Crippen LogP contribution in [-0.2, 0) is 4.74 Å². The Hall–Kier alpha value is -2.50. The first-order valence-electron chi connectivity index (χ1n) is 6.66. The number of nitrogens with one attached hydrogen (secondary N) is 1. The Balaban J connectivity index is 2.49. The van der Waals surface area contributed by atoms with Crippen molar-refractivity contribution >= 4 is 17.7 Å². The second-order valence-electron chi connectivity index (χ2n) is 5.66. The van der Waals surface area contributed by atoms with E-state index < -0.39 is 11.7 Å². The summed E-state index contributed by atoms with van der Waals surface area (Å²) < 4.78 is 6.83. The van der Waals surface area contributed by atoms with Gasteiger partial charge in [0.15, 0.2) is 0 Å². The number of aromatic nitrogens is 2. The minimum Gasteiger partial charge on any atom is -0.443 e. The Morgan fingerprint density at radius 1 is 1.38 bits per heavy atom. The number of anilines is 2. The summed E-state index contributed by atoms with van der Waals surface area (Å²) in [5.41, 5.74) is 7.27.